The van der Waals surface area contributed by atoms with Gasteiger partial charge >= 0.3 is 0 Å². The fourth-order valence-corrected chi connectivity index (χ4v) is 8.38. The summed E-state index contributed by atoms with van der Waals surface area (Å²) in [4.78, 5) is 73.0. The van der Waals surface area contributed by atoms with Crippen LogP contribution in [0.3, 0.4) is 0 Å². The second kappa shape index (κ2) is 19.8. The van der Waals surface area contributed by atoms with Crippen LogP contribution >= 0.6 is 23.2 Å². The van der Waals surface area contributed by atoms with Crippen molar-refractivity contribution in [2.75, 3.05) is 72.1 Å². The molecule has 2 saturated heterocycles. The predicted octanol–water partition coefficient (Wildman–Crippen LogP) is 5.53. The minimum Gasteiger partial charge on any atom is -0.495 e. The number of piperidine rings is 1. The lowest BCUT2D eigenvalue weighted by Gasteiger charge is -2.34. The number of nitrogens with one attached hydrogen (secondary N) is 2. The Morgan fingerprint density at radius 3 is 2.47 bits per heavy atom. The van der Waals surface area contributed by atoms with Crippen LogP contribution in [0, 0.1) is 11.3 Å². The molecule has 1 unspecified atom stereocenters. The molecule has 3 aromatic carbocycles. The Morgan fingerprint density at radius 1 is 0.935 bits per heavy atom. The first-order valence-electron chi connectivity index (χ1n) is 20.3. The molecule has 3 aliphatic heterocycles. The first-order chi connectivity index (χ1) is 30.0. The number of hydrogen-bond donors (Lipinski definition) is 2. The Balaban J connectivity index is 0.823. The molecule has 324 valence electrons. The van der Waals surface area contributed by atoms with E-state index in [2.05, 4.69) is 26.6 Å². The van der Waals surface area contributed by atoms with Crippen LogP contribution in [0.1, 0.15) is 63.9 Å². The number of carbonyl (C=O) groups is 5. The first kappa shape index (κ1) is 44.1. The molecule has 7 rings (SSSR count). The molecule has 0 aliphatic carbocycles. The molecule has 16 nitrogen and oxygen atoms in total. The van der Waals surface area contributed by atoms with Crippen LogP contribution in [-0.4, -0.2) is 122 Å². The van der Waals surface area contributed by atoms with Crippen molar-refractivity contribution in [3.05, 3.63) is 81.0 Å². The second-order valence-corrected chi connectivity index (χ2v) is 15.8. The summed E-state index contributed by atoms with van der Waals surface area (Å²) in [5.74, 6) is -0.688. The molecule has 1 atom stereocenters. The maximum Gasteiger partial charge on any atom is 0.262 e. The molecule has 5 amide bonds. The molecular formula is C44H45Cl2N7O9. The zero-order chi connectivity index (χ0) is 43.9. The number of fused-ring (bicyclic) bond motifs is 2. The van der Waals surface area contributed by atoms with E-state index in [0.717, 1.165) is 31.0 Å². The monoisotopic (exact) mass is 885 g/mol. The van der Waals surface area contributed by atoms with Crippen molar-refractivity contribution in [1.29, 1.82) is 5.26 Å². The summed E-state index contributed by atoms with van der Waals surface area (Å²) >= 11 is 12.7. The van der Waals surface area contributed by atoms with Crippen molar-refractivity contribution < 1.29 is 42.9 Å². The molecule has 18 heteroatoms. The van der Waals surface area contributed by atoms with E-state index in [1.54, 1.807) is 49.6 Å². The number of nitriles is 1. The molecule has 4 heterocycles. The average Bonchev–Trinajstić information content (AvgIpc) is 3.53. The number of piperazine rings is 1. The zero-order valence-electron chi connectivity index (χ0n) is 34.3. The zero-order valence-corrected chi connectivity index (χ0v) is 35.8. The van der Waals surface area contributed by atoms with E-state index in [4.69, 9.17) is 42.1 Å². The lowest BCUT2D eigenvalue weighted by molar-refractivity contribution is -0.136. The van der Waals surface area contributed by atoms with E-state index in [-0.39, 0.29) is 42.9 Å². The van der Waals surface area contributed by atoms with Gasteiger partial charge in [-0.15, -0.1) is 0 Å². The SMILES string of the molecule is COc1cc(Nc2c(C#N)cnc3cc(OCCCN4CCN(C(=O)CCOCCCc5cccc6c5C(=O)N(C5CCC(=O)NC5=O)C6=O)CC4)c(OC)cc23)c(Cl)cc1Cl. The summed E-state index contributed by atoms with van der Waals surface area (Å²) in [5, 5.41) is 16.7. The number of hydrogen-bond acceptors (Lipinski definition) is 13. The van der Waals surface area contributed by atoms with Crippen LogP contribution < -0.4 is 24.8 Å². The van der Waals surface area contributed by atoms with Crippen molar-refractivity contribution >= 4 is 75.0 Å². The summed E-state index contributed by atoms with van der Waals surface area (Å²) in [6.07, 6.45) is 3.67. The number of halogens is 2. The molecular weight excluding hydrogens is 841 g/mol. The van der Waals surface area contributed by atoms with Crippen LogP contribution in [0.5, 0.6) is 17.2 Å². The molecule has 2 N–H and O–H groups in total. The fourth-order valence-electron chi connectivity index (χ4n) is 7.88. The second-order valence-electron chi connectivity index (χ2n) is 14.9. The highest BCUT2D eigenvalue weighted by molar-refractivity contribution is 6.37. The van der Waals surface area contributed by atoms with Gasteiger partial charge in [-0.2, -0.15) is 5.26 Å². The minimum atomic E-state index is -1.02. The van der Waals surface area contributed by atoms with Crippen molar-refractivity contribution in [1.82, 2.24) is 25.0 Å². The molecule has 4 aromatic rings. The smallest absolute Gasteiger partial charge is 0.262 e. The maximum atomic E-state index is 13.3. The highest BCUT2D eigenvalue weighted by Crippen LogP contribution is 2.40. The van der Waals surface area contributed by atoms with Gasteiger partial charge in [-0.1, -0.05) is 35.3 Å². The number of pyridine rings is 1. The van der Waals surface area contributed by atoms with E-state index >= 15 is 0 Å². The Kier molecular flexibility index (Phi) is 14.1. The molecule has 0 spiro atoms. The van der Waals surface area contributed by atoms with Gasteiger partial charge in [0.1, 0.15) is 17.9 Å². The van der Waals surface area contributed by atoms with Crippen LogP contribution in [-0.2, 0) is 25.5 Å². The third-order valence-electron chi connectivity index (χ3n) is 11.1. The Morgan fingerprint density at radius 2 is 1.73 bits per heavy atom. The third kappa shape index (κ3) is 9.56. The first-order valence-corrected chi connectivity index (χ1v) is 21.0. The van der Waals surface area contributed by atoms with E-state index < -0.39 is 29.7 Å². The van der Waals surface area contributed by atoms with Gasteiger partial charge in [0, 0.05) is 69.5 Å². The minimum absolute atomic E-state index is 0.0276. The van der Waals surface area contributed by atoms with E-state index in [0.29, 0.717) is 99.8 Å². The van der Waals surface area contributed by atoms with Gasteiger partial charge < -0.3 is 29.2 Å². The van der Waals surface area contributed by atoms with Gasteiger partial charge in [-0.05, 0) is 49.4 Å². The van der Waals surface area contributed by atoms with Gasteiger partial charge in [0.05, 0.1) is 77.5 Å². The summed E-state index contributed by atoms with van der Waals surface area (Å²) in [5.41, 5.74) is 3.10. The lowest BCUT2D eigenvalue weighted by Crippen LogP contribution is -2.54. The van der Waals surface area contributed by atoms with Crippen molar-refractivity contribution in [2.24, 2.45) is 0 Å². The van der Waals surface area contributed by atoms with Crippen LogP contribution in [0.2, 0.25) is 10.0 Å². The highest BCUT2D eigenvalue weighted by Gasteiger charge is 2.45. The topological polar surface area (TPSA) is 193 Å². The number of aryl methyl sites for hydroxylation is 1. The quantitative estimate of drug-likeness (QED) is 0.0995. The number of aromatic nitrogens is 1. The van der Waals surface area contributed by atoms with Crippen LogP contribution in [0.4, 0.5) is 11.4 Å². The average molecular weight is 887 g/mol. The summed E-state index contributed by atoms with van der Waals surface area (Å²) < 4.78 is 23.0. The van der Waals surface area contributed by atoms with E-state index in [1.165, 1.54) is 13.3 Å². The number of benzene rings is 3. The van der Waals surface area contributed by atoms with Gasteiger partial charge in [0.15, 0.2) is 11.5 Å². The number of amides is 5. The summed E-state index contributed by atoms with van der Waals surface area (Å²) in [6, 6.07) is 13.0. The van der Waals surface area contributed by atoms with Crippen LogP contribution in [0.15, 0.2) is 48.7 Å². The normalized spacial score (nSPS) is 16.6. The Hall–Kier alpha value is -5.99. The Bertz CT molecular complexity index is 2450. The third-order valence-corrected chi connectivity index (χ3v) is 11.7. The largest absolute Gasteiger partial charge is 0.495 e. The fraction of sp³-hybridized carbons (Fsp3) is 0.386. The van der Waals surface area contributed by atoms with Gasteiger partial charge in [0.25, 0.3) is 11.8 Å². The summed E-state index contributed by atoms with van der Waals surface area (Å²) in [7, 11) is 3.05. The molecule has 62 heavy (non-hydrogen) atoms. The number of rotatable bonds is 17. The maximum absolute atomic E-state index is 13.3. The van der Waals surface area contributed by atoms with Crippen molar-refractivity contribution in [2.45, 2.75) is 44.6 Å². The molecule has 3 aliphatic rings. The number of carbonyl (C=O) groups excluding carboxylic acids is 5. The molecule has 1 aromatic heterocycles. The number of ether oxygens (including phenoxy) is 4. The number of nitrogens with zero attached hydrogens (tertiary/aromatic N) is 5. The van der Waals surface area contributed by atoms with Gasteiger partial charge in [0.2, 0.25) is 17.7 Å². The Labute approximate surface area is 367 Å². The molecule has 0 saturated carbocycles. The van der Waals surface area contributed by atoms with Crippen molar-refractivity contribution in [3.63, 3.8) is 0 Å². The highest BCUT2D eigenvalue weighted by atomic mass is 35.5. The number of anilines is 2. The van der Waals surface area contributed by atoms with Gasteiger partial charge in [-0.3, -0.25) is 44.1 Å². The molecule has 0 bridgehead atoms. The number of methoxy groups -OCH3 is 2. The van der Waals surface area contributed by atoms with Gasteiger partial charge in [-0.25, -0.2) is 0 Å². The van der Waals surface area contributed by atoms with E-state index in [1.807, 2.05) is 4.90 Å². The number of imide groups is 2. The standard InChI is InChI=1S/C44H45Cl2N7O9/c1-59-35-23-33(30(45)21-31(35)46)49-41-27(24-47)25-48-32-22-37(36(60-2)20-29(32)41)62-18-5-12-51-13-15-52(16-14-51)39(55)11-19-61-17-4-7-26-6-3-8-28-40(26)44(58)53(43(28)57)34-9-10-38(54)50-42(34)56/h3,6,8,20-23,25,34H,4-5,7,9-19H2,1-2H3,(H,48,49)(H,50,54,56). The summed E-state index contributed by atoms with van der Waals surface area (Å²) in [6.45, 7) is 4.52. The van der Waals surface area contributed by atoms with E-state index in [9.17, 15) is 29.2 Å². The molecule has 2 fully saturated rings. The van der Waals surface area contributed by atoms with Crippen molar-refractivity contribution in [3.8, 4) is 23.3 Å². The molecule has 0 radical (unpaired) electrons. The predicted molar refractivity (Wildman–Crippen MR) is 229 cm³/mol. The van der Waals surface area contributed by atoms with Crippen LogP contribution in [0.25, 0.3) is 10.9 Å². The lowest BCUT2D eigenvalue weighted by atomic mass is 9.99.